The van der Waals surface area contributed by atoms with Crippen molar-refractivity contribution in [3.63, 3.8) is 0 Å². The number of aromatic nitrogens is 3. The summed E-state index contributed by atoms with van der Waals surface area (Å²) in [5.74, 6) is 0.224. The Morgan fingerprint density at radius 1 is 1.00 bits per heavy atom. The summed E-state index contributed by atoms with van der Waals surface area (Å²) in [5.41, 5.74) is 1.92. The second kappa shape index (κ2) is 10.6. The Morgan fingerprint density at radius 2 is 1.76 bits per heavy atom. The Morgan fingerprint density at radius 3 is 2.53 bits per heavy atom. The van der Waals surface area contributed by atoms with Crippen molar-refractivity contribution in [2.45, 2.75) is 44.6 Å². The topological polar surface area (TPSA) is 65.8 Å². The van der Waals surface area contributed by atoms with E-state index in [2.05, 4.69) is 25.3 Å². The van der Waals surface area contributed by atoms with E-state index < -0.39 is 0 Å². The third-order valence-electron chi connectivity index (χ3n) is 7.18. The van der Waals surface area contributed by atoms with E-state index in [4.69, 9.17) is 0 Å². The van der Waals surface area contributed by atoms with E-state index in [-0.39, 0.29) is 11.7 Å². The number of hydrogen-bond acceptors (Lipinski definition) is 5. The minimum Gasteiger partial charge on any atom is -0.352 e. The number of nitrogens with zero attached hydrogens (tertiary/aromatic N) is 5. The number of halogens is 1. The van der Waals surface area contributed by atoms with Crippen LogP contribution in [0.3, 0.4) is 0 Å². The third-order valence-corrected chi connectivity index (χ3v) is 7.18. The lowest BCUT2D eigenvalue weighted by Gasteiger charge is -2.40. The summed E-state index contributed by atoms with van der Waals surface area (Å²) in [7, 11) is 0. The van der Waals surface area contributed by atoms with Crippen molar-refractivity contribution in [1.29, 1.82) is 0 Å². The summed E-state index contributed by atoms with van der Waals surface area (Å²) in [6.45, 7) is 6.57. The Balaban J connectivity index is 1.08. The molecule has 2 aromatic heterocycles. The zero-order chi connectivity index (χ0) is 23.3. The van der Waals surface area contributed by atoms with Crippen LogP contribution in [0.1, 0.15) is 48.9 Å². The Kier molecular flexibility index (Phi) is 7.16. The number of fused-ring (bicyclic) bond motifs is 1. The van der Waals surface area contributed by atoms with Gasteiger partial charge < -0.3 is 15.1 Å². The molecule has 0 atom stereocenters. The molecular formula is C26H33FN6O. The molecular weight excluding hydrogens is 431 g/mol. The number of carbonyl (C=O) groups excluding carboxylic acids is 1. The Labute approximate surface area is 200 Å². The maximum absolute atomic E-state index is 13.2. The van der Waals surface area contributed by atoms with Gasteiger partial charge in [0.15, 0.2) is 11.5 Å². The van der Waals surface area contributed by atoms with Crippen LogP contribution < -0.4 is 5.32 Å². The third kappa shape index (κ3) is 5.28. The molecule has 5 rings (SSSR count). The Bertz CT molecular complexity index is 1100. The van der Waals surface area contributed by atoms with Gasteiger partial charge >= 0.3 is 0 Å². The molecule has 0 bridgehead atoms. The van der Waals surface area contributed by atoms with E-state index in [0.29, 0.717) is 23.6 Å². The lowest BCUT2D eigenvalue weighted by molar-refractivity contribution is 0.0903. The maximum atomic E-state index is 13.2. The van der Waals surface area contributed by atoms with Gasteiger partial charge in [0.05, 0.1) is 0 Å². The van der Waals surface area contributed by atoms with Crippen LogP contribution in [0.4, 0.5) is 4.39 Å². The standard InChI is InChI=1S/C26H33FN6O/c27-22-7-5-20(6-8-22)25-30-29-24-19-21(9-18-33(24)25)26(34)28-12-4-13-31-16-10-23(11-17-31)32-14-2-1-3-15-32/h5-9,18-19,23H,1-4,10-17H2,(H,28,34). The van der Waals surface area contributed by atoms with Crippen molar-refractivity contribution in [3.8, 4) is 11.4 Å². The number of pyridine rings is 1. The van der Waals surface area contributed by atoms with Crippen molar-refractivity contribution in [2.75, 3.05) is 39.3 Å². The Hall–Kier alpha value is -2.84. The zero-order valence-corrected chi connectivity index (χ0v) is 19.6. The molecule has 1 aromatic carbocycles. The maximum Gasteiger partial charge on any atom is 0.251 e. The van der Waals surface area contributed by atoms with Crippen LogP contribution in [0.2, 0.25) is 0 Å². The fourth-order valence-electron chi connectivity index (χ4n) is 5.23. The highest BCUT2D eigenvalue weighted by Gasteiger charge is 2.25. The van der Waals surface area contributed by atoms with Crippen molar-refractivity contribution in [3.05, 3.63) is 54.0 Å². The average Bonchev–Trinajstić information content (AvgIpc) is 3.31. The molecule has 0 aliphatic carbocycles. The van der Waals surface area contributed by atoms with Gasteiger partial charge in [-0.2, -0.15) is 0 Å². The molecule has 3 aromatic rings. The number of rotatable bonds is 7. The van der Waals surface area contributed by atoms with E-state index in [1.54, 1.807) is 34.9 Å². The fraction of sp³-hybridized carbons (Fsp3) is 0.500. The van der Waals surface area contributed by atoms with Gasteiger partial charge in [-0.05, 0) is 101 Å². The largest absolute Gasteiger partial charge is 0.352 e. The van der Waals surface area contributed by atoms with Gasteiger partial charge in [-0.15, -0.1) is 10.2 Å². The zero-order valence-electron chi connectivity index (χ0n) is 19.6. The smallest absolute Gasteiger partial charge is 0.251 e. The average molecular weight is 465 g/mol. The van der Waals surface area contributed by atoms with Gasteiger partial charge in [0.25, 0.3) is 5.91 Å². The van der Waals surface area contributed by atoms with Gasteiger partial charge in [0.2, 0.25) is 0 Å². The highest BCUT2D eigenvalue weighted by molar-refractivity contribution is 5.95. The summed E-state index contributed by atoms with van der Waals surface area (Å²) in [6.07, 6.45) is 9.39. The number of carbonyl (C=O) groups is 1. The number of likely N-dealkylation sites (tertiary alicyclic amines) is 2. The second-order valence-corrected chi connectivity index (χ2v) is 9.45. The molecule has 7 nitrogen and oxygen atoms in total. The first kappa shape index (κ1) is 22.9. The molecule has 2 aliphatic rings. The van der Waals surface area contributed by atoms with E-state index in [9.17, 15) is 9.18 Å². The number of amides is 1. The SMILES string of the molecule is O=C(NCCCN1CCC(N2CCCCC2)CC1)c1ccn2c(-c3ccc(F)cc3)nnc2c1. The van der Waals surface area contributed by atoms with Gasteiger partial charge in [0.1, 0.15) is 5.82 Å². The van der Waals surface area contributed by atoms with Gasteiger partial charge in [-0.1, -0.05) is 6.42 Å². The normalized spacial score (nSPS) is 18.4. The molecule has 4 heterocycles. The fourth-order valence-corrected chi connectivity index (χ4v) is 5.23. The lowest BCUT2D eigenvalue weighted by atomic mass is 10.00. The molecule has 1 amide bonds. The van der Waals surface area contributed by atoms with Crippen molar-refractivity contribution in [1.82, 2.24) is 29.7 Å². The molecule has 2 fully saturated rings. The minimum atomic E-state index is -0.293. The van der Waals surface area contributed by atoms with Crippen molar-refractivity contribution >= 4 is 11.6 Å². The molecule has 0 radical (unpaired) electrons. The highest BCUT2D eigenvalue weighted by atomic mass is 19.1. The van der Waals surface area contributed by atoms with Crippen LogP contribution in [-0.2, 0) is 0 Å². The van der Waals surface area contributed by atoms with Crippen molar-refractivity contribution < 1.29 is 9.18 Å². The number of piperidine rings is 2. The monoisotopic (exact) mass is 464 g/mol. The number of benzene rings is 1. The lowest BCUT2D eigenvalue weighted by Crippen LogP contribution is -2.47. The summed E-state index contributed by atoms with van der Waals surface area (Å²) >= 11 is 0. The first-order valence-corrected chi connectivity index (χ1v) is 12.5. The molecule has 8 heteroatoms. The minimum absolute atomic E-state index is 0.0994. The number of hydrogen-bond donors (Lipinski definition) is 1. The quantitative estimate of drug-likeness (QED) is 0.541. The highest BCUT2D eigenvalue weighted by Crippen LogP contribution is 2.21. The van der Waals surface area contributed by atoms with Gasteiger partial charge in [-0.3, -0.25) is 9.20 Å². The molecule has 2 aliphatic heterocycles. The number of nitrogens with one attached hydrogen (secondary N) is 1. The molecule has 0 spiro atoms. The van der Waals surface area contributed by atoms with Gasteiger partial charge in [-0.25, -0.2) is 4.39 Å². The van der Waals surface area contributed by atoms with Crippen LogP contribution in [0.5, 0.6) is 0 Å². The molecule has 0 saturated carbocycles. The van der Waals surface area contributed by atoms with Gasteiger partial charge in [0, 0.05) is 29.9 Å². The summed E-state index contributed by atoms with van der Waals surface area (Å²) in [4.78, 5) is 17.9. The van der Waals surface area contributed by atoms with E-state index in [0.717, 1.165) is 37.7 Å². The first-order valence-electron chi connectivity index (χ1n) is 12.5. The molecule has 34 heavy (non-hydrogen) atoms. The summed E-state index contributed by atoms with van der Waals surface area (Å²) in [5, 5.41) is 11.4. The van der Waals surface area contributed by atoms with E-state index in [1.165, 1.54) is 57.3 Å². The summed E-state index contributed by atoms with van der Waals surface area (Å²) < 4.78 is 15.0. The van der Waals surface area contributed by atoms with Crippen LogP contribution >= 0.6 is 0 Å². The van der Waals surface area contributed by atoms with Crippen LogP contribution in [0, 0.1) is 5.82 Å². The molecule has 2 saturated heterocycles. The predicted octanol–water partition coefficient (Wildman–Crippen LogP) is 3.61. The molecule has 0 unspecified atom stereocenters. The molecule has 1 N–H and O–H groups in total. The summed E-state index contributed by atoms with van der Waals surface area (Å²) in [6, 6.07) is 10.4. The van der Waals surface area contributed by atoms with Crippen LogP contribution in [0.15, 0.2) is 42.6 Å². The van der Waals surface area contributed by atoms with E-state index >= 15 is 0 Å². The van der Waals surface area contributed by atoms with Crippen LogP contribution in [-0.4, -0.2) is 75.6 Å². The van der Waals surface area contributed by atoms with E-state index in [1.807, 2.05) is 0 Å². The molecule has 180 valence electrons. The van der Waals surface area contributed by atoms with Crippen LogP contribution in [0.25, 0.3) is 17.0 Å². The van der Waals surface area contributed by atoms with Crippen molar-refractivity contribution in [2.24, 2.45) is 0 Å². The first-order chi connectivity index (χ1) is 16.7. The second-order valence-electron chi connectivity index (χ2n) is 9.45. The predicted molar refractivity (Wildman–Crippen MR) is 130 cm³/mol.